The molecule has 1 rings (SSSR count). The number of hydrogen-bond donors (Lipinski definition) is 2. The quantitative estimate of drug-likeness (QED) is 0.382. The average Bonchev–Trinajstić information content (AvgIpc) is 2.86. The van der Waals surface area contributed by atoms with E-state index in [1.54, 1.807) is 20.8 Å². The van der Waals surface area contributed by atoms with Crippen molar-refractivity contribution in [2.75, 3.05) is 13.7 Å². The smallest absolute Gasteiger partial charge is 0.408 e. The molecule has 9 heteroatoms. The Kier molecular flexibility index (Phi) is 12.3. The summed E-state index contributed by atoms with van der Waals surface area (Å²) in [5.74, 6) is -1.77. The van der Waals surface area contributed by atoms with Gasteiger partial charge in [0.15, 0.2) is 0 Å². The number of aryl methyl sites for hydroxylation is 1. The van der Waals surface area contributed by atoms with E-state index in [4.69, 9.17) is 4.74 Å². The van der Waals surface area contributed by atoms with Crippen LogP contribution < -0.4 is 10.6 Å². The highest BCUT2D eigenvalue weighted by Gasteiger charge is 2.44. The number of carbonyl (C=O) groups excluding carboxylic acids is 4. The second kappa shape index (κ2) is 14.2. The molecule has 38 heavy (non-hydrogen) atoms. The molecule has 1 aromatic rings. The number of nitrogens with one attached hydrogen (secondary N) is 2. The molecule has 3 unspecified atom stereocenters. The van der Waals surface area contributed by atoms with Crippen molar-refractivity contribution in [1.82, 2.24) is 15.5 Å². The van der Waals surface area contributed by atoms with Crippen molar-refractivity contribution < 1.29 is 28.7 Å². The first kappa shape index (κ1) is 32.9. The molecule has 0 aliphatic heterocycles. The summed E-state index contributed by atoms with van der Waals surface area (Å²) in [6, 6.07) is 5.50. The van der Waals surface area contributed by atoms with Crippen molar-refractivity contribution in [3.05, 3.63) is 35.4 Å². The predicted molar refractivity (Wildman–Crippen MR) is 147 cm³/mol. The van der Waals surface area contributed by atoms with E-state index < -0.39 is 47.1 Å². The van der Waals surface area contributed by atoms with E-state index in [1.807, 2.05) is 65.8 Å². The highest BCUT2D eigenvalue weighted by Crippen LogP contribution is 2.33. The maximum absolute atomic E-state index is 14.4. The van der Waals surface area contributed by atoms with Gasteiger partial charge in [-0.1, -0.05) is 58.4 Å². The maximum Gasteiger partial charge on any atom is 0.408 e. The molecule has 0 heterocycles. The van der Waals surface area contributed by atoms with Crippen molar-refractivity contribution >= 4 is 23.9 Å². The standard InChI is InChI=1S/C29H47N3O6/c1-11-19(4)23(31-27(36)38-28(5,6)7)26(35)32(29(8,9)13-3)24(25(34)30-18-22(33)37-10)21-16-14-20(12-2)15-17-21/h14-17,19,23-24H,11-13,18H2,1-10H3,(H,30,34)(H,31,36). The number of rotatable bonds is 12. The van der Waals surface area contributed by atoms with Crippen molar-refractivity contribution in [3.63, 3.8) is 0 Å². The van der Waals surface area contributed by atoms with Crippen molar-refractivity contribution in [2.24, 2.45) is 5.92 Å². The average molecular weight is 534 g/mol. The first-order valence-corrected chi connectivity index (χ1v) is 13.4. The fourth-order valence-corrected chi connectivity index (χ4v) is 3.89. The molecule has 0 aromatic heterocycles. The molecular formula is C29H47N3O6. The van der Waals surface area contributed by atoms with Crippen LogP contribution in [-0.4, -0.2) is 59.6 Å². The van der Waals surface area contributed by atoms with E-state index in [0.29, 0.717) is 18.4 Å². The highest BCUT2D eigenvalue weighted by atomic mass is 16.6. The minimum absolute atomic E-state index is 0.244. The zero-order valence-electron chi connectivity index (χ0n) is 24.8. The fourth-order valence-electron chi connectivity index (χ4n) is 3.89. The second-order valence-corrected chi connectivity index (χ2v) is 11.2. The SMILES string of the molecule is CCc1ccc(C(C(=O)NCC(=O)OC)N(C(=O)C(NC(=O)OC(C)(C)C)C(C)CC)C(C)(C)CC)cc1. The number of alkyl carbamates (subject to hydrolysis) is 1. The molecule has 0 fully saturated rings. The summed E-state index contributed by atoms with van der Waals surface area (Å²) >= 11 is 0. The molecule has 9 nitrogen and oxygen atoms in total. The van der Waals surface area contributed by atoms with Crippen molar-refractivity contribution in [3.8, 4) is 0 Å². The molecule has 0 aliphatic carbocycles. The van der Waals surface area contributed by atoms with Gasteiger partial charge in [-0.05, 0) is 64.5 Å². The minimum atomic E-state index is -1.06. The number of amides is 3. The minimum Gasteiger partial charge on any atom is -0.468 e. The van der Waals surface area contributed by atoms with Gasteiger partial charge in [-0.2, -0.15) is 0 Å². The van der Waals surface area contributed by atoms with Crippen molar-refractivity contribution in [2.45, 2.75) is 105 Å². The number of methoxy groups -OCH3 is 1. The lowest BCUT2D eigenvalue weighted by Gasteiger charge is -2.45. The first-order valence-electron chi connectivity index (χ1n) is 13.4. The van der Waals surface area contributed by atoms with Crippen LogP contribution in [0.5, 0.6) is 0 Å². The molecule has 3 atom stereocenters. The van der Waals surface area contributed by atoms with Gasteiger partial charge in [0.1, 0.15) is 24.2 Å². The molecular weight excluding hydrogens is 486 g/mol. The second-order valence-electron chi connectivity index (χ2n) is 11.2. The molecule has 0 aliphatic rings. The summed E-state index contributed by atoms with van der Waals surface area (Å²) in [7, 11) is 1.24. The first-order chi connectivity index (χ1) is 17.6. The summed E-state index contributed by atoms with van der Waals surface area (Å²) in [5.41, 5.74) is 0.154. The Morgan fingerprint density at radius 2 is 1.55 bits per heavy atom. The van der Waals surface area contributed by atoms with Crippen LogP contribution in [0.15, 0.2) is 24.3 Å². The third-order valence-electron chi connectivity index (χ3n) is 6.75. The Hall–Kier alpha value is -3.10. The van der Waals surface area contributed by atoms with E-state index in [0.717, 1.165) is 12.0 Å². The van der Waals surface area contributed by atoms with Gasteiger partial charge in [0.25, 0.3) is 0 Å². The van der Waals surface area contributed by atoms with Gasteiger partial charge in [-0.3, -0.25) is 14.4 Å². The van der Waals surface area contributed by atoms with Crippen LogP contribution >= 0.6 is 0 Å². The summed E-state index contributed by atoms with van der Waals surface area (Å²) in [6.45, 7) is 16.5. The third-order valence-corrected chi connectivity index (χ3v) is 6.75. The largest absolute Gasteiger partial charge is 0.468 e. The Bertz CT molecular complexity index is 952. The number of benzene rings is 1. The van der Waals surface area contributed by atoms with Crippen LogP contribution in [0.4, 0.5) is 4.79 Å². The Morgan fingerprint density at radius 1 is 0.974 bits per heavy atom. The summed E-state index contributed by atoms with van der Waals surface area (Å²) < 4.78 is 10.1. The predicted octanol–water partition coefficient (Wildman–Crippen LogP) is 4.54. The number of hydrogen-bond acceptors (Lipinski definition) is 6. The fraction of sp³-hybridized carbons (Fsp3) is 0.655. The van der Waals surface area contributed by atoms with Gasteiger partial charge in [0.2, 0.25) is 11.8 Å². The maximum atomic E-state index is 14.4. The van der Waals surface area contributed by atoms with Gasteiger partial charge >= 0.3 is 12.1 Å². The van der Waals surface area contributed by atoms with Gasteiger partial charge in [-0.25, -0.2) is 4.79 Å². The van der Waals surface area contributed by atoms with E-state index in [-0.39, 0.29) is 12.5 Å². The molecule has 0 saturated carbocycles. The Balaban J connectivity index is 3.67. The zero-order chi connectivity index (χ0) is 29.3. The topological polar surface area (TPSA) is 114 Å². The lowest BCUT2D eigenvalue weighted by Crippen LogP contribution is -2.60. The van der Waals surface area contributed by atoms with Crippen LogP contribution in [0, 0.1) is 5.92 Å². The van der Waals surface area contributed by atoms with Crippen molar-refractivity contribution in [1.29, 1.82) is 0 Å². The lowest BCUT2D eigenvalue weighted by atomic mass is 9.89. The van der Waals surface area contributed by atoms with Crippen LogP contribution in [0.3, 0.4) is 0 Å². The van der Waals surface area contributed by atoms with E-state index >= 15 is 0 Å². The summed E-state index contributed by atoms with van der Waals surface area (Å²) in [4.78, 5) is 54.1. The normalized spacial score (nSPS) is 14.1. The molecule has 0 spiro atoms. The summed E-state index contributed by atoms with van der Waals surface area (Å²) in [6.07, 6.45) is 1.26. The highest BCUT2D eigenvalue weighted by molar-refractivity contribution is 5.93. The number of ether oxygens (including phenoxy) is 2. The monoisotopic (exact) mass is 533 g/mol. The number of esters is 1. The van der Waals surface area contributed by atoms with Crippen LogP contribution in [0.2, 0.25) is 0 Å². The van der Waals surface area contributed by atoms with Gasteiger partial charge in [-0.15, -0.1) is 0 Å². The molecule has 0 radical (unpaired) electrons. The Morgan fingerprint density at radius 3 is 2.00 bits per heavy atom. The number of carbonyl (C=O) groups is 4. The van der Waals surface area contributed by atoms with Gasteiger partial charge in [0.05, 0.1) is 7.11 Å². The molecule has 0 bridgehead atoms. The lowest BCUT2D eigenvalue weighted by molar-refractivity contribution is -0.151. The van der Waals surface area contributed by atoms with Crippen LogP contribution in [0.25, 0.3) is 0 Å². The number of nitrogens with zero attached hydrogens (tertiary/aromatic N) is 1. The van der Waals surface area contributed by atoms with Gasteiger partial charge < -0.3 is 25.0 Å². The van der Waals surface area contributed by atoms with Gasteiger partial charge in [0, 0.05) is 5.54 Å². The van der Waals surface area contributed by atoms with E-state index in [2.05, 4.69) is 15.4 Å². The molecule has 214 valence electrons. The molecule has 1 aromatic carbocycles. The van der Waals surface area contributed by atoms with Crippen LogP contribution in [0.1, 0.15) is 92.3 Å². The Labute approximate surface area is 228 Å². The zero-order valence-corrected chi connectivity index (χ0v) is 24.8. The van der Waals surface area contributed by atoms with Crippen LogP contribution in [-0.2, 0) is 30.3 Å². The molecule has 2 N–H and O–H groups in total. The summed E-state index contributed by atoms with van der Waals surface area (Å²) in [5, 5.41) is 5.39. The van der Waals surface area contributed by atoms with E-state index in [1.165, 1.54) is 12.0 Å². The molecule has 0 saturated heterocycles. The molecule has 3 amide bonds. The van der Waals surface area contributed by atoms with E-state index in [9.17, 15) is 19.2 Å². The third kappa shape index (κ3) is 9.33.